The van der Waals surface area contributed by atoms with E-state index >= 15 is 0 Å². The molecule has 0 aromatic heterocycles. The molecule has 0 aliphatic carbocycles. The van der Waals surface area contributed by atoms with E-state index in [9.17, 15) is 14.4 Å². The number of hydrogen-bond acceptors (Lipinski definition) is 6. The van der Waals surface area contributed by atoms with Crippen molar-refractivity contribution in [2.75, 3.05) is 13.2 Å². The highest BCUT2D eigenvalue weighted by Crippen LogP contribution is 2.19. The summed E-state index contributed by atoms with van der Waals surface area (Å²) in [6, 6.07) is 0. The van der Waals surface area contributed by atoms with Gasteiger partial charge < -0.3 is 14.2 Å². The summed E-state index contributed by atoms with van der Waals surface area (Å²) >= 11 is 0. The molecule has 0 heterocycles. The fraction of sp³-hybridized carbons (Fsp3) is 0.829. The lowest BCUT2D eigenvalue weighted by molar-refractivity contribution is -0.167. The van der Waals surface area contributed by atoms with Crippen LogP contribution in [0, 0.1) is 0 Å². The number of carbonyl (C=O) groups excluding carboxylic acids is 3. The van der Waals surface area contributed by atoms with E-state index in [-0.39, 0.29) is 31.1 Å². The Balaban J connectivity index is 4.27. The highest BCUT2D eigenvalue weighted by molar-refractivity contribution is 5.71. The maximum Gasteiger partial charge on any atom is 0.306 e. The Morgan fingerprint density at radius 2 is 0.476 bits per heavy atom. The molecule has 0 aliphatic heterocycles. The summed E-state index contributed by atoms with van der Waals surface area (Å²) in [5, 5.41) is 0. The van der Waals surface area contributed by atoms with Crippen molar-refractivity contribution in [3.63, 3.8) is 0 Å². The summed E-state index contributed by atoms with van der Waals surface area (Å²) in [5.41, 5.74) is 0. The average molecular weight is 1150 g/mol. The second-order valence-corrected chi connectivity index (χ2v) is 24.5. The lowest BCUT2D eigenvalue weighted by Gasteiger charge is -2.18. The van der Waals surface area contributed by atoms with Crippen LogP contribution in [0.1, 0.15) is 387 Å². The summed E-state index contributed by atoms with van der Waals surface area (Å²) < 4.78 is 17.0. The summed E-state index contributed by atoms with van der Waals surface area (Å²) in [7, 11) is 0. The van der Waals surface area contributed by atoms with Crippen molar-refractivity contribution in [1.82, 2.24) is 0 Å². The number of rotatable bonds is 67. The smallest absolute Gasteiger partial charge is 0.306 e. The van der Waals surface area contributed by atoms with Gasteiger partial charge in [0.05, 0.1) is 0 Å². The third-order valence-electron chi connectivity index (χ3n) is 16.3. The van der Waals surface area contributed by atoms with E-state index in [1.165, 1.54) is 238 Å². The average Bonchev–Trinajstić information content (AvgIpc) is 3.47. The van der Waals surface area contributed by atoms with Crippen LogP contribution in [0.15, 0.2) is 60.8 Å². The first-order valence-corrected chi connectivity index (χ1v) is 36.3. The predicted octanol–water partition coefficient (Wildman–Crippen LogP) is 25.1. The zero-order valence-corrected chi connectivity index (χ0v) is 55.0. The van der Waals surface area contributed by atoms with Gasteiger partial charge in [0.25, 0.3) is 0 Å². The Hall–Kier alpha value is -2.89. The van der Waals surface area contributed by atoms with E-state index in [1.807, 2.05) is 0 Å². The number of hydrogen-bond donors (Lipinski definition) is 0. The summed E-state index contributed by atoms with van der Waals surface area (Å²) in [5.74, 6) is -0.869. The molecule has 478 valence electrons. The van der Waals surface area contributed by atoms with Crippen LogP contribution in [0.5, 0.6) is 0 Å². The van der Waals surface area contributed by atoms with Crippen LogP contribution >= 0.6 is 0 Å². The molecular formula is C76H138O6. The lowest BCUT2D eigenvalue weighted by Crippen LogP contribution is -2.30. The van der Waals surface area contributed by atoms with E-state index < -0.39 is 6.10 Å². The zero-order chi connectivity index (χ0) is 59.2. The predicted molar refractivity (Wildman–Crippen MR) is 358 cm³/mol. The summed E-state index contributed by atoms with van der Waals surface area (Å²) in [6.07, 6.45) is 91.2. The Bertz CT molecular complexity index is 1460. The van der Waals surface area contributed by atoms with Crippen molar-refractivity contribution in [3.05, 3.63) is 60.8 Å². The van der Waals surface area contributed by atoms with Crippen molar-refractivity contribution in [1.29, 1.82) is 0 Å². The molecule has 0 saturated carbocycles. The molecule has 0 amide bonds. The molecule has 0 aromatic carbocycles. The van der Waals surface area contributed by atoms with Gasteiger partial charge in [-0.05, 0) is 64.2 Å². The van der Waals surface area contributed by atoms with Gasteiger partial charge in [0.2, 0.25) is 0 Å². The van der Waals surface area contributed by atoms with Gasteiger partial charge in [0.1, 0.15) is 13.2 Å². The number of unbranched alkanes of at least 4 members (excludes halogenated alkanes) is 46. The third kappa shape index (κ3) is 67.9. The van der Waals surface area contributed by atoms with E-state index in [0.717, 1.165) is 109 Å². The van der Waals surface area contributed by atoms with Gasteiger partial charge in [-0.1, -0.05) is 364 Å². The number of esters is 3. The quantitative estimate of drug-likeness (QED) is 0.0261. The van der Waals surface area contributed by atoms with Crippen LogP contribution in [0.2, 0.25) is 0 Å². The fourth-order valence-electron chi connectivity index (χ4n) is 10.9. The fourth-order valence-corrected chi connectivity index (χ4v) is 10.9. The van der Waals surface area contributed by atoms with Gasteiger partial charge in [-0.3, -0.25) is 14.4 Å². The molecule has 82 heavy (non-hydrogen) atoms. The maximum atomic E-state index is 13.0. The molecule has 6 nitrogen and oxygen atoms in total. The first kappa shape index (κ1) is 79.1. The normalized spacial score (nSPS) is 12.4. The van der Waals surface area contributed by atoms with Crippen LogP contribution in [-0.4, -0.2) is 37.2 Å². The summed E-state index contributed by atoms with van der Waals surface area (Å²) in [4.78, 5) is 38.5. The number of ether oxygens (including phenoxy) is 3. The number of allylic oxidation sites excluding steroid dienone is 10. The minimum Gasteiger partial charge on any atom is -0.462 e. The Morgan fingerprint density at radius 3 is 0.744 bits per heavy atom. The highest BCUT2D eigenvalue weighted by Gasteiger charge is 2.19. The standard InChI is InChI=1S/C76H138O6/c1-4-7-10-13-16-19-22-25-28-30-32-34-35-36-37-38-39-40-42-43-45-48-51-54-57-60-63-66-69-75(78)81-72-73(71-80-74(77)68-65-62-59-56-53-50-47-27-24-21-18-15-12-9-6-3)82-76(79)70-67-64-61-58-55-52-49-46-44-41-33-31-29-26-23-20-17-14-11-8-5-2/h8,11,17,20,26,29,33,41,46,49,73H,4-7,9-10,12-16,18-19,21-25,27-28,30-32,34-40,42-45,47-48,50-72H2,1-3H3/b11-8-,20-17-,29-26-,41-33-,49-46-. The van der Waals surface area contributed by atoms with Gasteiger partial charge in [0.15, 0.2) is 6.10 Å². The molecule has 0 saturated heterocycles. The van der Waals surface area contributed by atoms with Crippen molar-refractivity contribution in [2.45, 2.75) is 393 Å². The maximum absolute atomic E-state index is 13.0. The molecule has 0 N–H and O–H groups in total. The highest BCUT2D eigenvalue weighted by atomic mass is 16.6. The topological polar surface area (TPSA) is 78.9 Å². The molecule has 1 unspecified atom stereocenters. The molecule has 6 heteroatoms. The van der Waals surface area contributed by atoms with Crippen LogP contribution < -0.4 is 0 Å². The second-order valence-electron chi connectivity index (χ2n) is 24.5. The first-order chi connectivity index (χ1) is 40.5. The largest absolute Gasteiger partial charge is 0.462 e. The molecule has 0 fully saturated rings. The first-order valence-electron chi connectivity index (χ1n) is 36.3. The monoisotopic (exact) mass is 1150 g/mol. The van der Waals surface area contributed by atoms with E-state index in [0.29, 0.717) is 19.3 Å². The Morgan fingerprint density at radius 1 is 0.256 bits per heavy atom. The molecule has 0 radical (unpaired) electrons. The van der Waals surface area contributed by atoms with Gasteiger partial charge in [0, 0.05) is 19.3 Å². The minimum absolute atomic E-state index is 0.0772. The molecule has 0 spiro atoms. The Labute approximate surface area is 510 Å². The molecule has 0 bridgehead atoms. The Kier molecular flexibility index (Phi) is 68.1. The van der Waals surface area contributed by atoms with E-state index in [1.54, 1.807) is 0 Å². The van der Waals surface area contributed by atoms with Crippen molar-refractivity contribution in [2.24, 2.45) is 0 Å². The zero-order valence-electron chi connectivity index (χ0n) is 55.0. The van der Waals surface area contributed by atoms with Crippen molar-refractivity contribution in [3.8, 4) is 0 Å². The van der Waals surface area contributed by atoms with Gasteiger partial charge >= 0.3 is 17.9 Å². The summed E-state index contributed by atoms with van der Waals surface area (Å²) in [6.45, 7) is 6.58. The van der Waals surface area contributed by atoms with Crippen LogP contribution in [0.4, 0.5) is 0 Å². The SMILES string of the molecule is CC/C=C\C/C=C\C/C=C\C/C=C\C/C=C\CCCCCCCC(=O)OC(COC(=O)CCCCCCCCCCCCCCCCC)COC(=O)CCCCCCCCCCCCCCCCCCCCCCCCCCCCCC. The number of carbonyl (C=O) groups is 3. The molecule has 0 aliphatic rings. The van der Waals surface area contributed by atoms with Crippen LogP contribution in [0.3, 0.4) is 0 Å². The van der Waals surface area contributed by atoms with Crippen molar-refractivity contribution >= 4 is 17.9 Å². The molecule has 0 aromatic rings. The molecule has 0 rings (SSSR count). The third-order valence-corrected chi connectivity index (χ3v) is 16.3. The van der Waals surface area contributed by atoms with Crippen LogP contribution in [-0.2, 0) is 28.6 Å². The van der Waals surface area contributed by atoms with Gasteiger partial charge in [-0.2, -0.15) is 0 Å². The van der Waals surface area contributed by atoms with Gasteiger partial charge in [-0.15, -0.1) is 0 Å². The van der Waals surface area contributed by atoms with Gasteiger partial charge in [-0.25, -0.2) is 0 Å². The second kappa shape index (κ2) is 70.6. The van der Waals surface area contributed by atoms with E-state index in [4.69, 9.17) is 14.2 Å². The molecular weight excluding hydrogens is 1010 g/mol. The van der Waals surface area contributed by atoms with Crippen molar-refractivity contribution < 1.29 is 28.6 Å². The van der Waals surface area contributed by atoms with Crippen LogP contribution in [0.25, 0.3) is 0 Å². The molecule has 1 atom stereocenters. The lowest BCUT2D eigenvalue weighted by atomic mass is 10.0. The minimum atomic E-state index is -0.784. The van der Waals surface area contributed by atoms with E-state index in [2.05, 4.69) is 81.5 Å².